The van der Waals surface area contributed by atoms with Crippen LogP contribution < -0.4 is 10.1 Å². The first-order valence-corrected chi connectivity index (χ1v) is 6.46. The van der Waals surface area contributed by atoms with Crippen LogP contribution in [0.15, 0.2) is 48.5 Å². The molecule has 2 rings (SSSR count). The zero-order valence-corrected chi connectivity index (χ0v) is 11.5. The first kappa shape index (κ1) is 15.0. The van der Waals surface area contributed by atoms with Gasteiger partial charge in [0.2, 0.25) is 5.91 Å². The van der Waals surface area contributed by atoms with E-state index >= 15 is 0 Å². The summed E-state index contributed by atoms with van der Waals surface area (Å²) >= 11 is 0. The van der Waals surface area contributed by atoms with Gasteiger partial charge in [-0.3, -0.25) is 4.79 Å². The number of carbonyl (C=O) groups excluding carboxylic acids is 1. The van der Waals surface area contributed by atoms with Crippen LogP contribution in [0.25, 0.3) is 0 Å². The largest absolute Gasteiger partial charge is 0.497 e. The molecule has 0 aliphatic rings. The molecule has 0 aliphatic carbocycles. The van der Waals surface area contributed by atoms with Crippen LogP contribution in [0.5, 0.6) is 5.75 Å². The number of hydrogen-bond donors (Lipinski definition) is 2. The van der Waals surface area contributed by atoms with Gasteiger partial charge in [0, 0.05) is 11.8 Å². The monoisotopic (exact) mass is 289 g/mol. The highest BCUT2D eigenvalue weighted by Crippen LogP contribution is 2.20. The second-order valence-electron chi connectivity index (χ2n) is 4.56. The molecular formula is C16H16FNO3. The quantitative estimate of drug-likeness (QED) is 0.889. The van der Waals surface area contributed by atoms with E-state index < -0.39 is 11.9 Å². The molecule has 1 unspecified atom stereocenters. The van der Waals surface area contributed by atoms with Crippen molar-refractivity contribution >= 4 is 11.6 Å². The molecule has 2 aromatic carbocycles. The molecule has 0 aromatic heterocycles. The molecule has 0 radical (unpaired) electrons. The molecule has 21 heavy (non-hydrogen) atoms. The van der Waals surface area contributed by atoms with Crippen LogP contribution in [0.3, 0.4) is 0 Å². The van der Waals surface area contributed by atoms with Crippen molar-refractivity contribution in [3.05, 3.63) is 59.9 Å². The zero-order chi connectivity index (χ0) is 15.2. The molecule has 0 heterocycles. The second-order valence-corrected chi connectivity index (χ2v) is 4.56. The minimum absolute atomic E-state index is 0.152. The Hall–Kier alpha value is -2.40. The summed E-state index contributed by atoms with van der Waals surface area (Å²) in [7, 11) is 1.54. The normalized spacial score (nSPS) is 11.8. The Labute approximate surface area is 122 Å². The lowest BCUT2D eigenvalue weighted by Gasteiger charge is -2.12. The van der Waals surface area contributed by atoms with Gasteiger partial charge >= 0.3 is 0 Å². The Morgan fingerprint density at radius 3 is 2.76 bits per heavy atom. The van der Waals surface area contributed by atoms with Crippen molar-refractivity contribution in [3.8, 4) is 5.75 Å². The maximum absolute atomic E-state index is 13.1. The van der Waals surface area contributed by atoms with Crippen molar-refractivity contribution in [3.63, 3.8) is 0 Å². The third kappa shape index (κ3) is 4.29. The van der Waals surface area contributed by atoms with Crippen LogP contribution >= 0.6 is 0 Å². The molecular weight excluding hydrogens is 273 g/mol. The molecule has 1 amide bonds. The van der Waals surface area contributed by atoms with Gasteiger partial charge < -0.3 is 15.2 Å². The van der Waals surface area contributed by atoms with E-state index in [9.17, 15) is 14.3 Å². The van der Waals surface area contributed by atoms with E-state index in [0.29, 0.717) is 17.0 Å². The first-order chi connectivity index (χ1) is 10.1. The van der Waals surface area contributed by atoms with E-state index in [4.69, 9.17) is 4.74 Å². The third-order valence-corrected chi connectivity index (χ3v) is 2.97. The number of hydrogen-bond acceptors (Lipinski definition) is 3. The van der Waals surface area contributed by atoms with E-state index in [1.54, 1.807) is 30.3 Å². The van der Waals surface area contributed by atoms with Crippen molar-refractivity contribution in [2.75, 3.05) is 12.4 Å². The topological polar surface area (TPSA) is 58.6 Å². The number of halogens is 1. The van der Waals surface area contributed by atoms with E-state index in [0.717, 1.165) is 0 Å². The number of amides is 1. The lowest BCUT2D eigenvalue weighted by molar-refractivity contribution is -0.118. The molecule has 0 aliphatic heterocycles. The van der Waals surface area contributed by atoms with Crippen LogP contribution in [0, 0.1) is 5.82 Å². The summed E-state index contributed by atoms with van der Waals surface area (Å²) in [5, 5.41) is 12.6. The smallest absolute Gasteiger partial charge is 0.227 e. The standard InChI is InChI=1S/C16H16FNO3/c1-21-14-7-3-6-13(9-14)18-16(20)10-15(19)11-4-2-5-12(17)8-11/h2-9,15,19H,10H2,1H3,(H,18,20). The summed E-state index contributed by atoms with van der Waals surface area (Å²) in [6.07, 6.45) is -1.20. The van der Waals surface area contributed by atoms with Crippen LogP contribution in [0.1, 0.15) is 18.1 Å². The van der Waals surface area contributed by atoms with Gasteiger partial charge in [0.1, 0.15) is 11.6 Å². The summed E-state index contributed by atoms with van der Waals surface area (Å²) in [4.78, 5) is 11.9. The van der Waals surface area contributed by atoms with Gasteiger partial charge in [-0.25, -0.2) is 4.39 Å². The fraction of sp³-hybridized carbons (Fsp3) is 0.188. The number of benzene rings is 2. The van der Waals surface area contributed by atoms with Crippen molar-refractivity contribution in [1.82, 2.24) is 0 Å². The Morgan fingerprint density at radius 2 is 2.05 bits per heavy atom. The van der Waals surface area contributed by atoms with Gasteiger partial charge in [-0.1, -0.05) is 18.2 Å². The average Bonchev–Trinajstić information content (AvgIpc) is 2.47. The zero-order valence-electron chi connectivity index (χ0n) is 11.5. The Bertz CT molecular complexity index is 630. The van der Waals surface area contributed by atoms with Crippen molar-refractivity contribution in [2.24, 2.45) is 0 Å². The van der Waals surface area contributed by atoms with Gasteiger partial charge in [-0.15, -0.1) is 0 Å². The summed E-state index contributed by atoms with van der Waals surface area (Å²) < 4.78 is 18.1. The minimum Gasteiger partial charge on any atom is -0.497 e. The number of ether oxygens (including phenoxy) is 1. The summed E-state index contributed by atoms with van der Waals surface area (Å²) in [6, 6.07) is 12.5. The molecule has 2 aromatic rings. The molecule has 110 valence electrons. The number of anilines is 1. The fourth-order valence-corrected chi connectivity index (χ4v) is 1.92. The van der Waals surface area contributed by atoms with Crippen LogP contribution in [0.4, 0.5) is 10.1 Å². The number of aliphatic hydroxyl groups excluding tert-OH is 1. The fourth-order valence-electron chi connectivity index (χ4n) is 1.92. The molecule has 0 bridgehead atoms. The molecule has 4 nitrogen and oxygen atoms in total. The average molecular weight is 289 g/mol. The highest BCUT2D eigenvalue weighted by atomic mass is 19.1. The number of nitrogens with one attached hydrogen (secondary N) is 1. The maximum Gasteiger partial charge on any atom is 0.227 e. The summed E-state index contributed by atoms with van der Waals surface area (Å²) in [5.74, 6) is -0.182. The number of aliphatic hydroxyl groups is 1. The highest BCUT2D eigenvalue weighted by molar-refractivity contribution is 5.91. The van der Waals surface area contributed by atoms with Gasteiger partial charge in [0.05, 0.1) is 19.6 Å². The Kier molecular flexibility index (Phi) is 4.90. The van der Waals surface area contributed by atoms with Crippen LogP contribution in [-0.2, 0) is 4.79 Å². The predicted octanol–water partition coefficient (Wildman–Crippen LogP) is 2.90. The number of carbonyl (C=O) groups is 1. The molecule has 1 atom stereocenters. The molecule has 5 heteroatoms. The summed E-state index contributed by atoms with van der Waals surface area (Å²) in [6.45, 7) is 0. The maximum atomic E-state index is 13.1. The number of methoxy groups -OCH3 is 1. The predicted molar refractivity (Wildman–Crippen MR) is 77.6 cm³/mol. The van der Waals surface area contributed by atoms with Gasteiger partial charge in [-0.05, 0) is 29.8 Å². The van der Waals surface area contributed by atoms with E-state index in [2.05, 4.69) is 5.32 Å². The van der Waals surface area contributed by atoms with E-state index in [1.807, 2.05) is 0 Å². The summed E-state index contributed by atoms with van der Waals surface area (Å²) in [5.41, 5.74) is 0.946. The van der Waals surface area contributed by atoms with Gasteiger partial charge in [0.25, 0.3) is 0 Å². The van der Waals surface area contributed by atoms with Gasteiger partial charge in [-0.2, -0.15) is 0 Å². The van der Waals surface area contributed by atoms with Crippen molar-refractivity contribution in [1.29, 1.82) is 0 Å². The third-order valence-electron chi connectivity index (χ3n) is 2.97. The van der Waals surface area contributed by atoms with Gasteiger partial charge in [0.15, 0.2) is 0 Å². The molecule has 0 saturated heterocycles. The highest BCUT2D eigenvalue weighted by Gasteiger charge is 2.14. The van der Waals surface area contributed by atoms with Crippen molar-refractivity contribution in [2.45, 2.75) is 12.5 Å². The molecule has 0 saturated carbocycles. The van der Waals surface area contributed by atoms with E-state index in [-0.39, 0.29) is 12.3 Å². The van der Waals surface area contributed by atoms with Crippen LogP contribution in [-0.4, -0.2) is 18.1 Å². The Morgan fingerprint density at radius 1 is 1.29 bits per heavy atom. The van der Waals surface area contributed by atoms with E-state index in [1.165, 1.54) is 25.3 Å². The molecule has 0 spiro atoms. The lowest BCUT2D eigenvalue weighted by atomic mass is 10.1. The number of rotatable bonds is 5. The van der Waals surface area contributed by atoms with Crippen molar-refractivity contribution < 1.29 is 19.0 Å². The minimum atomic E-state index is -1.05. The lowest BCUT2D eigenvalue weighted by Crippen LogP contribution is -2.15. The molecule has 2 N–H and O–H groups in total. The Balaban J connectivity index is 1.97. The van der Waals surface area contributed by atoms with Crippen LogP contribution in [0.2, 0.25) is 0 Å². The second kappa shape index (κ2) is 6.85. The molecule has 0 fully saturated rings. The SMILES string of the molecule is COc1cccc(NC(=O)CC(O)c2cccc(F)c2)c1. The first-order valence-electron chi connectivity index (χ1n) is 6.46.